The molecule has 6 heteroatoms. The number of pyridine rings is 1. The summed E-state index contributed by atoms with van der Waals surface area (Å²) in [6.07, 6.45) is 7.51. The smallest absolute Gasteiger partial charge is 0.338 e. The van der Waals surface area contributed by atoms with Gasteiger partial charge in [0.1, 0.15) is 18.2 Å². The number of nitrogens with zero attached hydrogens (tertiary/aromatic N) is 4. The van der Waals surface area contributed by atoms with Crippen molar-refractivity contribution in [3.05, 3.63) is 78.5 Å². The van der Waals surface area contributed by atoms with Crippen molar-refractivity contribution in [1.29, 1.82) is 0 Å². The van der Waals surface area contributed by atoms with Crippen LogP contribution in [-0.2, 0) is 11.3 Å². The summed E-state index contributed by atoms with van der Waals surface area (Å²) in [5, 5.41) is 0. The van der Waals surface area contributed by atoms with E-state index in [1.54, 1.807) is 41.6 Å². The quantitative estimate of drug-likeness (QED) is 0.664. The first-order valence-electron chi connectivity index (χ1n) is 8.69. The van der Waals surface area contributed by atoms with Crippen LogP contribution < -0.4 is 0 Å². The molecule has 1 atom stereocenters. The molecule has 2 aromatic heterocycles. The molecule has 0 radical (unpaired) electrons. The Morgan fingerprint density at radius 3 is 2.88 bits per heavy atom. The molecular weight excluding hydrogens is 328 g/mol. The van der Waals surface area contributed by atoms with Gasteiger partial charge in [0, 0.05) is 38.2 Å². The number of aromatic nitrogens is 3. The molecule has 0 N–H and O–H groups in total. The lowest BCUT2D eigenvalue weighted by Crippen LogP contribution is -2.24. The van der Waals surface area contributed by atoms with Gasteiger partial charge in [-0.15, -0.1) is 0 Å². The van der Waals surface area contributed by atoms with Gasteiger partial charge in [0.05, 0.1) is 5.56 Å². The van der Waals surface area contributed by atoms with Gasteiger partial charge >= 0.3 is 5.97 Å². The van der Waals surface area contributed by atoms with E-state index in [1.165, 1.54) is 5.56 Å². The molecule has 0 bridgehead atoms. The van der Waals surface area contributed by atoms with Gasteiger partial charge in [-0.05, 0) is 24.1 Å². The molecule has 1 fully saturated rings. The number of imidazole rings is 1. The molecule has 1 aliphatic heterocycles. The van der Waals surface area contributed by atoms with Gasteiger partial charge in [0.25, 0.3) is 0 Å². The Hall–Kier alpha value is -2.99. The summed E-state index contributed by atoms with van der Waals surface area (Å²) in [6.45, 7) is 2.58. The number of carbonyl (C=O) groups excluding carboxylic acids is 1. The highest BCUT2D eigenvalue weighted by Gasteiger charge is 2.26. The SMILES string of the molecule is O=C(O[C@@H]1CCN(Cc2ccccc2)C1)c1ccnc(-n2ccnc2)c1. The molecule has 1 aromatic carbocycles. The summed E-state index contributed by atoms with van der Waals surface area (Å²) >= 11 is 0. The van der Waals surface area contributed by atoms with Gasteiger partial charge in [-0.1, -0.05) is 30.3 Å². The highest BCUT2D eigenvalue weighted by molar-refractivity contribution is 5.89. The van der Waals surface area contributed by atoms with Crippen LogP contribution in [0.4, 0.5) is 0 Å². The summed E-state index contributed by atoms with van der Waals surface area (Å²) in [7, 11) is 0. The molecule has 0 amide bonds. The zero-order chi connectivity index (χ0) is 17.8. The van der Waals surface area contributed by atoms with Gasteiger partial charge in [-0.25, -0.2) is 14.8 Å². The Morgan fingerprint density at radius 2 is 2.08 bits per heavy atom. The van der Waals surface area contributed by atoms with Crippen LogP contribution in [0.5, 0.6) is 0 Å². The topological polar surface area (TPSA) is 60.2 Å². The number of hydrogen-bond acceptors (Lipinski definition) is 5. The first-order chi connectivity index (χ1) is 12.8. The molecule has 26 heavy (non-hydrogen) atoms. The van der Waals surface area contributed by atoms with Crippen molar-refractivity contribution in [3.63, 3.8) is 0 Å². The third-order valence-electron chi connectivity index (χ3n) is 4.50. The molecule has 3 aromatic rings. The van der Waals surface area contributed by atoms with Crippen LogP contribution in [0, 0.1) is 0 Å². The molecule has 4 rings (SSSR count). The Bertz CT molecular complexity index is 865. The molecule has 0 saturated carbocycles. The van der Waals surface area contributed by atoms with Gasteiger partial charge in [0.2, 0.25) is 0 Å². The largest absolute Gasteiger partial charge is 0.457 e. The van der Waals surface area contributed by atoms with Crippen molar-refractivity contribution in [2.45, 2.75) is 19.1 Å². The fourth-order valence-corrected chi connectivity index (χ4v) is 3.18. The highest BCUT2D eigenvalue weighted by atomic mass is 16.5. The van der Waals surface area contributed by atoms with E-state index in [4.69, 9.17) is 4.74 Å². The molecule has 0 spiro atoms. The Balaban J connectivity index is 1.36. The molecule has 0 unspecified atom stereocenters. The predicted octanol–water partition coefficient (Wildman–Crippen LogP) is 2.70. The van der Waals surface area contributed by atoms with Gasteiger partial charge < -0.3 is 4.74 Å². The molecular formula is C20H20N4O2. The van der Waals surface area contributed by atoms with Crippen molar-refractivity contribution in [2.75, 3.05) is 13.1 Å². The zero-order valence-corrected chi connectivity index (χ0v) is 14.4. The maximum atomic E-state index is 12.5. The lowest BCUT2D eigenvalue weighted by atomic mass is 10.2. The number of esters is 1. The summed E-state index contributed by atoms with van der Waals surface area (Å²) in [5.41, 5.74) is 1.78. The average molecular weight is 348 g/mol. The van der Waals surface area contributed by atoms with E-state index >= 15 is 0 Å². The maximum absolute atomic E-state index is 12.5. The van der Waals surface area contributed by atoms with Crippen molar-refractivity contribution in [3.8, 4) is 5.82 Å². The number of benzene rings is 1. The average Bonchev–Trinajstić information content (AvgIpc) is 3.35. The second kappa shape index (κ2) is 7.49. The van der Waals surface area contributed by atoms with E-state index in [2.05, 4.69) is 27.0 Å². The Kier molecular flexibility index (Phi) is 4.75. The van der Waals surface area contributed by atoms with E-state index in [0.717, 1.165) is 26.1 Å². The lowest BCUT2D eigenvalue weighted by Gasteiger charge is -2.16. The zero-order valence-electron chi connectivity index (χ0n) is 14.4. The maximum Gasteiger partial charge on any atom is 0.338 e. The number of likely N-dealkylation sites (tertiary alicyclic amines) is 1. The standard InChI is InChI=1S/C20H20N4O2/c25-20(17-6-8-22-19(12-17)24-11-9-21-15-24)26-18-7-10-23(14-18)13-16-4-2-1-3-5-16/h1-6,8-9,11-12,15,18H,7,10,13-14H2/t18-/m1/s1. The van der Waals surface area contributed by atoms with Crippen molar-refractivity contribution in [1.82, 2.24) is 19.4 Å². The summed E-state index contributed by atoms with van der Waals surface area (Å²) in [6, 6.07) is 13.8. The second-order valence-corrected chi connectivity index (χ2v) is 6.41. The minimum absolute atomic E-state index is 0.0731. The van der Waals surface area contributed by atoms with Gasteiger partial charge in [-0.3, -0.25) is 9.47 Å². The first-order valence-corrected chi connectivity index (χ1v) is 8.69. The third-order valence-corrected chi connectivity index (χ3v) is 4.50. The van der Waals surface area contributed by atoms with Crippen LogP contribution in [-0.4, -0.2) is 44.6 Å². The van der Waals surface area contributed by atoms with Crippen molar-refractivity contribution < 1.29 is 9.53 Å². The molecule has 3 heterocycles. The van der Waals surface area contributed by atoms with E-state index in [-0.39, 0.29) is 12.1 Å². The van der Waals surface area contributed by atoms with Crippen LogP contribution >= 0.6 is 0 Å². The molecule has 1 saturated heterocycles. The number of hydrogen-bond donors (Lipinski definition) is 0. The van der Waals surface area contributed by atoms with Crippen LogP contribution in [0.15, 0.2) is 67.4 Å². The number of ether oxygens (including phenoxy) is 1. The summed E-state index contributed by atoms with van der Waals surface area (Å²) in [4.78, 5) is 23.1. The number of rotatable bonds is 5. The van der Waals surface area contributed by atoms with Gasteiger partial charge in [-0.2, -0.15) is 0 Å². The number of carbonyl (C=O) groups is 1. The second-order valence-electron chi connectivity index (χ2n) is 6.41. The Morgan fingerprint density at radius 1 is 1.19 bits per heavy atom. The predicted molar refractivity (Wildman–Crippen MR) is 96.9 cm³/mol. The van der Waals surface area contributed by atoms with Crippen molar-refractivity contribution >= 4 is 5.97 Å². The fraction of sp³-hybridized carbons (Fsp3) is 0.250. The third kappa shape index (κ3) is 3.81. The monoisotopic (exact) mass is 348 g/mol. The summed E-state index contributed by atoms with van der Waals surface area (Å²) < 4.78 is 7.46. The van der Waals surface area contributed by atoms with Crippen LogP contribution in [0.25, 0.3) is 5.82 Å². The van der Waals surface area contributed by atoms with Crippen LogP contribution in [0.1, 0.15) is 22.3 Å². The van der Waals surface area contributed by atoms with E-state index < -0.39 is 0 Å². The molecule has 0 aliphatic carbocycles. The van der Waals surface area contributed by atoms with Gasteiger partial charge in [0.15, 0.2) is 0 Å². The van der Waals surface area contributed by atoms with Crippen molar-refractivity contribution in [2.24, 2.45) is 0 Å². The van der Waals surface area contributed by atoms with E-state index in [9.17, 15) is 4.79 Å². The van der Waals surface area contributed by atoms with Crippen LogP contribution in [0.2, 0.25) is 0 Å². The molecule has 6 nitrogen and oxygen atoms in total. The highest BCUT2D eigenvalue weighted by Crippen LogP contribution is 2.18. The Labute approximate surface area is 152 Å². The fourth-order valence-electron chi connectivity index (χ4n) is 3.18. The minimum Gasteiger partial charge on any atom is -0.457 e. The lowest BCUT2D eigenvalue weighted by molar-refractivity contribution is 0.0320. The minimum atomic E-state index is -0.305. The van der Waals surface area contributed by atoms with E-state index in [1.807, 2.05) is 18.2 Å². The molecule has 1 aliphatic rings. The summed E-state index contributed by atoms with van der Waals surface area (Å²) in [5.74, 6) is 0.342. The normalized spacial score (nSPS) is 17.3. The van der Waals surface area contributed by atoms with E-state index in [0.29, 0.717) is 11.4 Å². The first kappa shape index (κ1) is 16.5. The molecule has 132 valence electrons. The van der Waals surface area contributed by atoms with Crippen LogP contribution in [0.3, 0.4) is 0 Å².